The summed E-state index contributed by atoms with van der Waals surface area (Å²) < 4.78 is 6.42. The summed E-state index contributed by atoms with van der Waals surface area (Å²) in [7, 11) is -1.64. The van der Waals surface area contributed by atoms with Gasteiger partial charge >= 0.3 is 0 Å². The molecule has 3 heterocycles. The molecule has 3 rings (SSSR count). The Morgan fingerprint density at radius 3 is 2.56 bits per heavy atom. The van der Waals surface area contributed by atoms with Gasteiger partial charge in [-0.05, 0) is 49.0 Å². The van der Waals surface area contributed by atoms with E-state index in [-0.39, 0.29) is 5.04 Å². The zero-order chi connectivity index (χ0) is 18.2. The Morgan fingerprint density at radius 2 is 1.92 bits per heavy atom. The molecule has 2 aromatic heterocycles. The van der Waals surface area contributed by atoms with Crippen molar-refractivity contribution in [3.05, 3.63) is 12.1 Å². The predicted octanol–water partition coefficient (Wildman–Crippen LogP) is 4.51. The van der Waals surface area contributed by atoms with Crippen LogP contribution >= 0.6 is 11.3 Å². The molecule has 0 aromatic carbocycles. The molecule has 1 aliphatic rings. The zero-order valence-electron chi connectivity index (χ0n) is 16.0. The van der Waals surface area contributed by atoms with E-state index in [1.807, 2.05) is 6.07 Å². The van der Waals surface area contributed by atoms with Crippen LogP contribution in [0, 0.1) is 5.92 Å². The molecule has 0 saturated carbocycles. The van der Waals surface area contributed by atoms with Gasteiger partial charge in [0.05, 0.1) is 0 Å². The number of fused-ring (bicyclic) bond motifs is 1. The molecule has 0 bridgehead atoms. The third-order valence-corrected chi connectivity index (χ3v) is 11.0. The Bertz CT molecular complexity index is 732. The van der Waals surface area contributed by atoms with Crippen molar-refractivity contribution in [2.45, 2.75) is 51.7 Å². The van der Waals surface area contributed by atoms with Gasteiger partial charge in [0, 0.05) is 19.7 Å². The van der Waals surface area contributed by atoms with Crippen molar-refractivity contribution in [2.75, 3.05) is 30.3 Å². The second-order valence-corrected chi connectivity index (χ2v) is 14.4. The Balaban J connectivity index is 1.56. The summed E-state index contributed by atoms with van der Waals surface area (Å²) in [5, 5.41) is 0.866. The average Bonchev–Trinajstić information content (AvgIpc) is 2.91. The lowest BCUT2D eigenvalue weighted by Crippen LogP contribution is -2.43. The Morgan fingerprint density at radius 1 is 1.24 bits per heavy atom. The van der Waals surface area contributed by atoms with Gasteiger partial charge in [-0.2, -0.15) is 0 Å². The van der Waals surface area contributed by atoms with Crippen LogP contribution in [0.1, 0.15) is 33.6 Å². The second kappa shape index (κ2) is 6.85. The number of hydrogen-bond donors (Lipinski definition) is 1. The van der Waals surface area contributed by atoms with Crippen LogP contribution in [-0.4, -0.2) is 38.0 Å². The molecule has 7 heteroatoms. The first kappa shape index (κ1) is 18.6. The number of pyridine rings is 1. The molecule has 0 aliphatic carbocycles. The number of nitrogens with zero attached hydrogens (tertiary/aromatic N) is 3. The summed E-state index contributed by atoms with van der Waals surface area (Å²) in [5.74, 6) is 1.70. The third-order valence-electron chi connectivity index (χ3n) is 5.68. The standard InChI is InChI=1S/C18H30N4OSSi/c1-18(2,3)25(4,5)23-12-13-8-10-22(11-9-13)15-7-6-14-16(21-15)24-17(19)20-14/h6-7,13H,8-12H2,1-5H3,(H2,19,20). The van der Waals surface area contributed by atoms with Crippen LogP contribution in [0.4, 0.5) is 10.9 Å². The maximum atomic E-state index is 6.42. The van der Waals surface area contributed by atoms with Crippen LogP contribution in [0.5, 0.6) is 0 Å². The number of nitrogen functional groups attached to an aromatic ring is 1. The molecule has 0 radical (unpaired) electrons. The van der Waals surface area contributed by atoms with E-state index in [0.717, 1.165) is 35.9 Å². The van der Waals surface area contributed by atoms with E-state index >= 15 is 0 Å². The van der Waals surface area contributed by atoms with Gasteiger partial charge in [-0.15, -0.1) is 0 Å². The Hall–Kier alpha value is -1.18. The molecule has 0 spiro atoms. The molecule has 1 fully saturated rings. The van der Waals surface area contributed by atoms with Crippen molar-refractivity contribution < 1.29 is 4.43 Å². The molecule has 0 unspecified atom stereocenters. The number of thiazole rings is 1. The number of aromatic nitrogens is 2. The lowest BCUT2D eigenvalue weighted by atomic mass is 9.98. The van der Waals surface area contributed by atoms with Gasteiger partial charge in [0.25, 0.3) is 0 Å². The quantitative estimate of drug-likeness (QED) is 0.793. The molecule has 2 N–H and O–H groups in total. The highest BCUT2D eigenvalue weighted by molar-refractivity contribution is 7.21. The van der Waals surface area contributed by atoms with Crippen LogP contribution in [-0.2, 0) is 4.43 Å². The number of nitrogens with two attached hydrogens (primary N) is 1. The fraction of sp³-hybridized carbons (Fsp3) is 0.667. The summed E-state index contributed by atoms with van der Waals surface area (Å²) in [6.07, 6.45) is 2.33. The molecule has 138 valence electrons. The van der Waals surface area contributed by atoms with E-state index in [1.54, 1.807) is 0 Å². The van der Waals surface area contributed by atoms with E-state index in [1.165, 1.54) is 24.2 Å². The summed E-state index contributed by atoms with van der Waals surface area (Å²) in [6, 6.07) is 4.09. The topological polar surface area (TPSA) is 64.3 Å². The molecule has 2 aromatic rings. The number of rotatable bonds is 4. The normalized spacial score (nSPS) is 17.4. The Labute approximate surface area is 155 Å². The van der Waals surface area contributed by atoms with E-state index in [0.29, 0.717) is 11.0 Å². The predicted molar refractivity (Wildman–Crippen MR) is 110 cm³/mol. The lowest BCUT2D eigenvalue weighted by Gasteiger charge is -2.39. The SMILES string of the molecule is CC(C)(C)[Si](C)(C)OCC1CCN(c2ccc3nc(N)sc3n2)CC1. The van der Waals surface area contributed by atoms with Crippen molar-refractivity contribution in [3.8, 4) is 0 Å². The van der Waals surface area contributed by atoms with Crippen LogP contribution in [0.3, 0.4) is 0 Å². The summed E-state index contributed by atoms with van der Waals surface area (Å²) in [4.78, 5) is 12.3. The number of anilines is 2. The highest BCUT2D eigenvalue weighted by atomic mass is 32.1. The van der Waals surface area contributed by atoms with Gasteiger partial charge in [-0.3, -0.25) is 0 Å². The van der Waals surface area contributed by atoms with Gasteiger partial charge in [-0.25, -0.2) is 9.97 Å². The largest absolute Gasteiger partial charge is 0.417 e. The van der Waals surface area contributed by atoms with Crippen molar-refractivity contribution in [2.24, 2.45) is 5.92 Å². The van der Waals surface area contributed by atoms with E-state index in [4.69, 9.17) is 15.1 Å². The molecule has 25 heavy (non-hydrogen) atoms. The Kier molecular flexibility index (Phi) is 5.10. The molecular weight excluding hydrogens is 348 g/mol. The second-order valence-electron chi connectivity index (χ2n) is 8.55. The first-order valence-corrected chi connectivity index (χ1v) is 12.8. The van der Waals surface area contributed by atoms with Crippen molar-refractivity contribution in [1.82, 2.24) is 9.97 Å². The minimum absolute atomic E-state index is 0.281. The van der Waals surface area contributed by atoms with Gasteiger partial charge in [0.1, 0.15) is 16.2 Å². The molecule has 0 amide bonds. The minimum atomic E-state index is -1.64. The highest BCUT2D eigenvalue weighted by Crippen LogP contribution is 2.37. The maximum Gasteiger partial charge on any atom is 0.191 e. The van der Waals surface area contributed by atoms with Gasteiger partial charge in [0.15, 0.2) is 13.4 Å². The average molecular weight is 379 g/mol. The van der Waals surface area contributed by atoms with E-state index < -0.39 is 8.32 Å². The van der Waals surface area contributed by atoms with Crippen LogP contribution in [0.25, 0.3) is 10.3 Å². The van der Waals surface area contributed by atoms with Crippen LogP contribution in [0.15, 0.2) is 12.1 Å². The molecule has 5 nitrogen and oxygen atoms in total. The minimum Gasteiger partial charge on any atom is -0.417 e. The van der Waals surface area contributed by atoms with Gasteiger partial charge in [0.2, 0.25) is 0 Å². The molecule has 1 aliphatic heterocycles. The summed E-state index contributed by atoms with van der Waals surface area (Å²) in [6.45, 7) is 14.6. The third kappa shape index (κ3) is 4.15. The van der Waals surface area contributed by atoms with E-state index in [2.05, 4.69) is 49.8 Å². The molecule has 1 saturated heterocycles. The number of hydrogen-bond acceptors (Lipinski definition) is 6. The summed E-state index contributed by atoms with van der Waals surface area (Å²) in [5.41, 5.74) is 6.67. The van der Waals surface area contributed by atoms with Crippen molar-refractivity contribution in [1.29, 1.82) is 0 Å². The van der Waals surface area contributed by atoms with Gasteiger partial charge < -0.3 is 15.1 Å². The van der Waals surface area contributed by atoms with Crippen molar-refractivity contribution in [3.63, 3.8) is 0 Å². The zero-order valence-corrected chi connectivity index (χ0v) is 17.8. The fourth-order valence-corrected chi connectivity index (χ4v) is 4.66. The summed E-state index contributed by atoms with van der Waals surface area (Å²) >= 11 is 1.46. The molecule has 0 atom stereocenters. The van der Waals surface area contributed by atoms with Crippen LogP contribution in [0.2, 0.25) is 18.1 Å². The smallest absolute Gasteiger partial charge is 0.191 e. The van der Waals surface area contributed by atoms with Crippen LogP contribution < -0.4 is 10.6 Å². The molecular formula is C18H30N4OSSi. The number of piperidine rings is 1. The first-order valence-electron chi connectivity index (χ1n) is 9.08. The maximum absolute atomic E-state index is 6.42. The fourth-order valence-electron chi connectivity index (χ4n) is 2.87. The van der Waals surface area contributed by atoms with Gasteiger partial charge in [-0.1, -0.05) is 32.1 Å². The highest BCUT2D eigenvalue weighted by Gasteiger charge is 2.37. The van der Waals surface area contributed by atoms with Crippen molar-refractivity contribution >= 4 is 41.0 Å². The lowest BCUT2D eigenvalue weighted by molar-refractivity contribution is 0.205. The van der Waals surface area contributed by atoms with E-state index in [9.17, 15) is 0 Å². The first-order chi connectivity index (χ1) is 11.7. The monoisotopic (exact) mass is 378 g/mol.